The van der Waals surface area contributed by atoms with Crippen LogP contribution in [0, 0.1) is 0 Å². The molecule has 3 heteroatoms. The normalized spacial score (nSPS) is 12.6. The van der Waals surface area contributed by atoms with Crippen molar-refractivity contribution in [1.29, 1.82) is 0 Å². The van der Waals surface area contributed by atoms with E-state index in [9.17, 15) is 0 Å². The predicted octanol–water partition coefficient (Wildman–Crippen LogP) is 4.66. The highest BCUT2D eigenvalue weighted by Crippen LogP contribution is 2.31. The van der Waals surface area contributed by atoms with Crippen LogP contribution in [0.5, 0.6) is 0 Å². The fourth-order valence-electron chi connectivity index (χ4n) is 2.17. The van der Waals surface area contributed by atoms with Gasteiger partial charge in [-0.2, -0.15) is 0 Å². The van der Waals surface area contributed by atoms with Crippen LogP contribution in [0.2, 0.25) is 4.34 Å². The van der Waals surface area contributed by atoms with E-state index < -0.39 is 0 Å². The number of rotatable bonds is 5. The second kappa shape index (κ2) is 6.37. The lowest BCUT2D eigenvalue weighted by Gasteiger charge is -2.16. The van der Waals surface area contributed by atoms with Gasteiger partial charge in [-0.3, -0.25) is 0 Å². The number of benzene rings is 1. The maximum Gasteiger partial charge on any atom is 0.0931 e. The van der Waals surface area contributed by atoms with Crippen LogP contribution in [0.4, 0.5) is 0 Å². The predicted molar refractivity (Wildman–Crippen MR) is 80.7 cm³/mol. The third-order valence-electron chi connectivity index (χ3n) is 2.99. The van der Waals surface area contributed by atoms with Gasteiger partial charge in [-0.05, 0) is 36.7 Å². The van der Waals surface area contributed by atoms with Crippen LogP contribution in [0.1, 0.15) is 35.4 Å². The van der Waals surface area contributed by atoms with Gasteiger partial charge in [0, 0.05) is 4.88 Å². The fraction of sp³-hybridized carbons (Fsp3) is 0.333. The molecule has 2 rings (SSSR count). The van der Waals surface area contributed by atoms with E-state index in [-0.39, 0.29) is 6.04 Å². The Morgan fingerprint density at radius 2 is 2.11 bits per heavy atom. The molecule has 1 aromatic heterocycles. The van der Waals surface area contributed by atoms with Crippen molar-refractivity contribution >= 4 is 22.9 Å². The van der Waals surface area contributed by atoms with E-state index in [1.165, 1.54) is 22.4 Å². The quantitative estimate of drug-likeness (QED) is 0.839. The highest BCUT2D eigenvalue weighted by molar-refractivity contribution is 7.16. The summed E-state index contributed by atoms with van der Waals surface area (Å²) in [5.41, 5.74) is 2.71. The summed E-state index contributed by atoms with van der Waals surface area (Å²) in [4.78, 5) is 1.26. The summed E-state index contributed by atoms with van der Waals surface area (Å²) >= 11 is 7.66. The molecule has 2 aromatic rings. The van der Waals surface area contributed by atoms with Crippen molar-refractivity contribution in [2.75, 3.05) is 7.05 Å². The monoisotopic (exact) mass is 279 g/mol. The Morgan fingerprint density at radius 1 is 1.28 bits per heavy atom. The molecule has 1 aromatic carbocycles. The average Bonchev–Trinajstić information content (AvgIpc) is 2.78. The van der Waals surface area contributed by atoms with Gasteiger partial charge in [0.1, 0.15) is 0 Å². The molecule has 1 nitrogen and oxygen atoms in total. The molecule has 0 amide bonds. The Labute approximate surface area is 118 Å². The molecule has 0 fully saturated rings. The van der Waals surface area contributed by atoms with Crippen molar-refractivity contribution in [3.8, 4) is 0 Å². The first-order valence-electron chi connectivity index (χ1n) is 6.26. The Balaban J connectivity index is 2.29. The zero-order valence-electron chi connectivity index (χ0n) is 10.7. The van der Waals surface area contributed by atoms with E-state index in [1.54, 1.807) is 11.3 Å². The van der Waals surface area contributed by atoms with Gasteiger partial charge in [0.05, 0.1) is 10.4 Å². The Kier molecular flexibility index (Phi) is 4.81. The molecule has 18 heavy (non-hydrogen) atoms. The van der Waals surface area contributed by atoms with Gasteiger partial charge < -0.3 is 5.32 Å². The van der Waals surface area contributed by atoms with Crippen LogP contribution in [-0.2, 0) is 6.42 Å². The number of hydrogen-bond donors (Lipinski definition) is 1. The lowest BCUT2D eigenvalue weighted by molar-refractivity contribution is 0.702. The molecule has 96 valence electrons. The summed E-state index contributed by atoms with van der Waals surface area (Å²) in [6, 6.07) is 13.1. The summed E-state index contributed by atoms with van der Waals surface area (Å²) in [5, 5.41) is 3.37. The maximum absolute atomic E-state index is 6.02. The summed E-state index contributed by atoms with van der Waals surface area (Å²) in [6.07, 6.45) is 2.31. The van der Waals surface area contributed by atoms with Crippen molar-refractivity contribution in [2.24, 2.45) is 0 Å². The Morgan fingerprint density at radius 3 is 2.72 bits per heavy atom. The third-order valence-corrected chi connectivity index (χ3v) is 4.29. The lowest BCUT2D eigenvalue weighted by Crippen LogP contribution is -2.16. The molecule has 0 aliphatic heterocycles. The van der Waals surface area contributed by atoms with Gasteiger partial charge in [-0.25, -0.2) is 0 Å². The summed E-state index contributed by atoms with van der Waals surface area (Å²) in [7, 11) is 1.99. The van der Waals surface area contributed by atoms with Crippen LogP contribution in [0.3, 0.4) is 0 Å². The van der Waals surface area contributed by atoms with Crippen molar-refractivity contribution in [3.05, 3.63) is 56.7 Å². The van der Waals surface area contributed by atoms with Crippen molar-refractivity contribution in [1.82, 2.24) is 5.32 Å². The summed E-state index contributed by atoms with van der Waals surface area (Å²) < 4.78 is 0.843. The first-order valence-corrected chi connectivity index (χ1v) is 7.45. The van der Waals surface area contributed by atoms with Crippen LogP contribution < -0.4 is 5.32 Å². The van der Waals surface area contributed by atoms with Crippen molar-refractivity contribution in [2.45, 2.75) is 25.8 Å². The lowest BCUT2D eigenvalue weighted by atomic mass is 10.0. The van der Waals surface area contributed by atoms with Gasteiger partial charge in [-0.15, -0.1) is 11.3 Å². The zero-order chi connectivity index (χ0) is 13.0. The van der Waals surface area contributed by atoms with E-state index in [1.807, 2.05) is 13.1 Å². The first-order chi connectivity index (χ1) is 8.74. The molecular weight excluding hydrogens is 262 g/mol. The number of halogens is 1. The van der Waals surface area contributed by atoms with Gasteiger partial charge in [-0.1, -0.05) is 49.2 Å². The summed E-state index contributed by atoms with van der Waals surface area (Å²) in [6.45, 7) is 2.21. The van der Waals surface area contributed by atoms with Crippen LogP contribution >= 0.6 is 22.9 Å². The van der Waals surface area contributed by atoms with Crippen molar-refractivity contribution < 1.29 is 0 Å². The zero-order valence-corrected chi connectivity index (χ0v) is 12.3. The topological polar surface area (TPSA) is 12.0 Å². The first kappa shape index (κ1) is 13.6. The highest BCUT2D eigenvalue weighted by atomic mass is 35.5. The minimum Gasteiger partial charge on any atom is -0.309 e. The molecule has 1 heterocycles. The van der Waals surface area contributed by atoms with Gasteiger partial charge >= 0.3 is 0 Å². The van der Waals surface area contributed by atoms with Gasteiger partial charge in [0.2, 0.25) is 0 Å². The second-order valence-electron chi connectivity index (χ2n) is 4.36. The van der Waals surface area contributed by atoms with E-state index in [4.69, 9.17) is 11.6 Å². The molecular formula is C15H18ClNS. The average molecular weight is 280 g/mol. The minimum absolute atomic E-state index is 0.235. The van der Waals surface area contributed by atoms with Crippen LogP contribution in [-0.4, -0.2) is 7.05 Å². The standard InChI is InChI=1S/C15H18ClNS/c1-3-5-11-6-4-7-12(10-11)15(17-2)13-8-9-14(16)18-13/h4,6-10,15,17H,3,5H2,1-2H3. The smallest absolute Gasteiger partial charge is 0.0931 e. The number of thiophene rings is 1. The van der Waals surface area contributed by atoms with Crippen molar-refractivity contribution in [3.63, 3.8) is 0 Å². The second-order valence-corrected chi connectivity index (χ2v) is 6.11. The van der Waals surface area contributed by atoms with E-state index in [0.717, 1.165) is 10.8 Å². The summed E-state index contributed by atoms with van der Waals surface area (Å²) in [5.74, 6) is 0. The molecule has 0 saturated carbocycles. The molecule has 0 radical (unpaired) electrons. The molecule has 0 spiro atoms. The molecule has 0 aliphatic carbocycles. The SMILES string of the molecule is CCCc1cccc(C(NC)c2ccc(Cl)s2)c1. The largest absolute Gasteiger partial charge is 0.309 e. The molecule has 1 N–H and O–H groups in total. The number of aryl methyl sites for hydroxylation is 1. The highest BCUT2D eigenvalue weighted by Gasteiger charge is 2.14. The van der Waals surface area contributed by atoms with Gasteiger partial charge in [0.15, 0.2) is 0 Å². The van der Waals surface area contributed by atoms with E-state index >= 15 is 0 Å². The third kappa shape index (κ3) is 3.14. The minimum atomic E-state index is 0.235. The number of hydrogen-bond acceptors (Lipinski definition) is 2. The molecule has 0 saturated heterocycles. The number of nitrogens with one attached hydrogen (secondary N) is 1. The molecule has 1 unspecified atom stereocenters. The van der Waals surface area contributed by atoms with E-state index in [2.05, 4.69) is 42.6 Å². The maximum atomic E-state index is 6.02. The van der Waals surface area contributed by atoms with E-state index in [0.29, 0.717) is 0 Å². The fourth-order valence-corrected chi connectivity index (χ4v) is 3.37. The van der Waals surface area contributed by atoms with Crippen LogP contribution in [0.15, 0.2) is 36.4 Å². The molecule has 0 aliphatic rings. The Bertz CT molecular complexity index is 507. The molecule has 0 bridgehead atoms. The van der Waals surface area contributed by atoms with Gasteiger partial charge in [0.25, 0.3) is 0 Å². The van der Waals surface area contributed by atoms with Crippen LogP contribution in [0.25, 0.3) is 0 Å². The molecule has 1 atom stereocenters. The Hall–Kier alpha value is -0.830.